The molecule has 2 rings (SSSR count). The summed E-state index contributed by atoms with van der Waals surface area (Å²) >= 11 is 5.72. The highest BCUT2D eigenvalue weighted by molar-refractivity contribution is 6.30. The molecule has 0 aliphatic carbocycles. The van der Waals surface area contributed by atoms with Crippen molar-refractivity contribution in [3.8, 4) is 0 Å². The molecule has 1 unspecified atom stereocenters. The third kappa shape index (κ3) is 3.16. The molecule has 17 heavy (non-hydrogen) atoms. The highest BCUT2D eigenvalue weighted by Crippen LogP contribution is 2.18. The van der Waals surface area contributed by atoms with Gasteiger partial charge < -0.3 is 10.5 Å². The molecule has 0 amide bonds. The van der Waals surface area contributed by atoms with Gasteiger partial charge in [-0.2, -0.15) is 0 Å². The fraction of sp³-hybridized carbons (Fsp3) is 0.500. The van der Waals surface area contributed by atoms with Crippen LogP contribution in [-0.2, 0) is 11.3 Å². The van der Waals surface area contributed by atoms with Crippen LogP contribution in [0.25, 0.3) is 0 Å². The lowest BCUT2D eigenvalue weighted by molar-refractivity contribution is -0.00835. The molecular weight excluding hydrogens is 243 g/mol. The van der Waals surface area contributed by atoms with E-state index < -0.39 is 0 Å². The van der Waals surface area contributed by atoms with Crippen LogP contribution < -0.4 is 5.73 Å². The van der Waals surface area contributed by atoms with E-state index in [1.165, 1.54) is 6.07 Å². The average molecular weight is 259 g/mol. The fourth-order valence-corrected chi connectivity index (χ4v) is 2.14. The van der Waals surface area contributed by atoms with Gasteiger partial charge in [-0.05, 0) is 12.1 Å². The van der Waals surface area contributed by atoms with Crippen molar-refractivity contribution in [1.82, 2.24) is 4.90 Å². The van der Waals surface area contributed by atoms with Crippen molar-refractivity contribution in [2.24, 2.45) is 5.73 Å². The summed E-state index contributed by atoms with van der Waals surface area (Å²) in [7, 11) is 0. The van der Waals surface area contributed by atoms with Gasteiger partial charge in [-0.3, -0.25) is 4.90 Å². The van der Waals surface area contributed by atoms with E-state index in [4.69, 9.17) is 22.1 Å². The van der Waals surface area contributed by atoms with Crippen LogP contribution in [0.15, 0.2) is 18.2 Å². The normalized spacial score (nSPS) is 21.7. The Morgan fingerprint density at radius 3 is 3.06 bits per heavy atom. The predicted octanol–water partition coefficient (Wildman–Crippen LogP) is 1.64. The Balaban J connectivity index is 2.08. The first-order valence-electron chi connectivity index (χ1n) is 5.66. The Morgan fingerprint density at radius 2 is 2.35 bits per heavy atom. The van der Waals surface area contributed by atoms with Gasteiger partial charge in [0.2, 0.25) is 0 Å². The van der Waals surface area contributed by atoms with E-state index >= 15 is 0 Å². The van der Waals surface area contributed by atoms with E-state index in [-0.39, 0.29) is 11.9 Å². The second-order valence-corrected chi connectivity index (χ2v) is 4.61. The Morgan fingerprint density at radius 1 is 1.53 bits per heavy atom. The fourth-order valence-electron chi connectivity index (χ4n) is 1.98. The lowest BCUT2D eigenvalue weighted by Gasteiger charge is -2.34. The molecule has 1 fully saturated rings. The van der Waals surface area contributed by atoms with Gasteiger partial charge in [0.15, 0.2) is 0 Å². The van der Waals surface area contributed by atoms with Crippen molar-refractivity contribution in [2.45, 2.75) is 12.6 Å². The molecule has 0 aromatic heterocycles. The summed E-state index contributed by atoms with van der Waals surface area (Å²) < 4.78 is 19.0. The quantitative estimate of drug-likeness (QED) is 0.896. The van der Waals surface area contributed by atoms with Crippen molar-refractivity contribution in [3.63, 3.8) is 0 Å². The van der Waals surface area contributed by atoms with Crippen molar-refractivity contribution in [3.05, 3.63) is 34.6 Å². The van der Waals surface area contributed by atoms with Gasteiger partial charge in [-0.1, -0.05) is 17.7 Å². The van der Waals surface area contributed by atoms with Gasteiger partial charge in [-0.25, -0.2) is 4.39 Å². The van der Waals surface area contributed by atoms with E-state index in [9.17, 15) is 4.39 Å². The first-order chi connectivity index (χ1) is 8.20. The standard InChI is InChI=1S/C12H16ClFN2O/c13-10-2-1-9(12(14)5-10)7-16-3-4-17-8-11(16)6-15/h1-2,5,11H,3-4,6-8,15H2. The minimum atomic E-state index is -0.264. The summed E-state index contributed by atoms with van der Waals surface area (Å²) in [6, 6.07) is 4.94. The monoisotopic (exact) mass is 258 g/mol. The smallest absolute Gasteiger partial charge is 0.129 e. The number of benzene rings is 1. The van der Waals surface area contributed by atoms with Crippen LogP contribution in [0, 0.1) is 5.82 Å². The molecule has 3 nitrogen and oxygen atoms in total. The summed E-state index contributed by atoms with van der Waals surface area (Å²) in [6.45, 7) is 3.14. The summed E-state index contributed by atoms with van der Waals surface area (Å²) in [6.07, 6.45) is 0. The average Bonchev–Trinajstić information content (AvgIpc) is 2.33. The number of hydrogen-bond acceptors (Lipinski definition) is 3. The third-order valence-electron chi connectivity index (χ3n) is 3.01. The van der Waals surface area contributed by atoms with Crippen LogP contribution in [0.2, 0.25) is 5.02 Å². The summed E-state index contributed by atoms with van der Waals surface area (Å²) in [5, 5.41) is 0.420. The second kappa shape index (κ2) is 5.78. The first-order valence-corrected chi connectivity index (χ1v) is 6.04. The molecule has 0 saturated carbocycles. The molecule has 1 aromatic rings. The highest BCUT2D eigenvalue weighted by Gasteiger charge is 2.22. The molecule has 94 valence electrons. The molecule has 2 N–H and O–H groups in total. The highest BCUT2D eigenvalue weighted by atomic mass is 35.5. The maximum absolute atomic E-state index is 13.7. The molecule has 0 spiro atoms. The van der Waals surface area contributed by atoms with Crippen molar-refractivity contribution >= 4 is 11.6 Å². The topological polar surface area (TPSA) is 38.5 Å². The molecule has 5 heteroatoms. The number of nitrogens with zero attached hydrogens (tertiary/aromatic N) is 1. The van der Waals surface area contributed by atoms with Gasteiger partial charge in [0.05, 0.1) is 13.2 Å². The number of halogens is 2. The molecule has 1 aliphatic heterocycles. The van der Waals surface area contributed by atoms with Crippen LogP contribution in [0.4, 0.5) is 4.39 Å². The number of ether oxygens (including phenoxy) is 1. The van der Waals surface area contributed by atoms with Crippen LogP contribution in [0.1, 0.15) is 5.56 Å². The Kier molecular flexibility index (Phi) is 4.34. The van der Waals surface area contributed by atoms with Crippen molar-refractivity contribution in [2.75, 3.05) is 26.3 Å². The summed E-state index contributed by atoms with van der Waals surface area (Å²) in [5.41, 5.74) is 6.32. The van der Waals surface area contributed by atoms with E-state index in [2.05, 4.69) is 4.90 Å². The van der Waals surface area contributed by atoms with E-state index in [1.807, 2.05) is 0 Å². The predicted molar refractivity (Wildman–Crippen MR) is 65.5 cm³/mol. The zero-order valence-electron chi connectivity index (χ0n) is 9.53. The second-order valence-electron chi connectivity index (χ2n) is 4.17. The third-order valence-corrected chi connectivity index (χ3v) is 3.25. The minimum Gasteiger partial charge on any atom is -0.378 e. The molecule has 1 aromatic carbocycles. The van der Waals surface area contributed by atoms with Crippen molar-refractivity contribution < 1.29 is 9.13 Å². The summed E-state index contributed by atoms with van der Waals surface area (Å²) in [4.78, 5) is 2.15. The van der Waals surface area contributed by atoms with Gasteiger partial charge in [0.25, 0.3) is 0 Å². The minimum absolute atomic E-state index is 0.166. The van der Waals surface area contributed by atoms with E-state index in [0.717, 1.165) is 6.54 Å². The van der Waals surface area contributed by atoms with Gasteiger partial charge in [0.1, 0.15) is 5.82 Å². The van der Waals surface area contributed by atoms with E-state index in [1.54, 1.807) is 12.1 Å². The van der Waals surface area contributed by atoms with Gasteiger partial charge >= 0.3 is 0 Å². The van der Waals surface area contributed by atoms with Crippen LogP contribution in [0.3, 0.4) is 0 Å². The largest absolute Gasteiger partial charge is 0.378 e. The lowest BCUT2D eigenvalue weighted by atomic mass is 10.1. The summed E-state index contributed by atoms with van der Waals surface area (Å²) in [5.74, 6) is -0.264. The SMILES string of the molecule is NCC1COCCN1Cc1ccc(Cl)cc1F. The van der Waals surface area contributed by atoms with Gasteiger partial charge in [-0.15, -0.1) is 0 Å². The zero-order chi connectivity index (χ0) is 12.3. The number of hydrogen-bond donors (Lipinski definition) is 1. The number of morpholine rings is 1. The zero-order valence-corrected chi connectivity index (χ0v) is 10.3. The molecule has 1 heterocycles. The number of nitrogens with two attached hydrogens (primary N) is 1. The molecule has 0 bridgehead atoms. The van der Waals surface area contributed by atoms with Crippen LogP contribution in [-0.4, -0.2) is 37.2 Å². The molecular formula is C12H16ClFN2O. The molecule has 1 aliphatic rings. The lowest BCUT2D eigenvalue weighted by Crippen LogP contribution is -2.48. The Bertz CT molecular complexity index is 389. The molecule has 1 saturated heterocycles. The molecule has 1 atom stereocenters. The molecule has 0 radical (unpaired) electrons. The van der Waals surface area contributed by atoms with Crippen LogP contribution in [0.5, 0.6) is 0 Å². The van der Waals surface area contributed by atoms with Crippen molar-refractivity contribution in [1.29, 1.82) is 0 Å². The Labute approximate surface area is 105 Å². The van der Waals surface area contributed by atoms with Crippen LogP contribution >= 0.6 is 11.6 Å². The first kappa shape index (κ1) is 12.8. The van der Waals surface area contributed by atoms with Gasteiger partial charge in [0, 0.05) is 36.3 Å². The Hall–Kier alpha value is -0.680. The number of rotatable bonds is 3. The van der Waals surface area contributed by atoms with E-state index in [0.29, 0.717) is 36.9 Å². The maximum atomic E-state index is 13.7. The maximum Gasteiger partial charge on any atom is 0.129 e.